The van der Waals surface area contributed by atoms with Crippen LogP contribution in [0.4, 0.5) is 0 Å². The minimum Gasteiger partial charge on any atom is -0.481 e. The molecular formula is C22H35IN4O2. The number of aliphatic imine (C=N–C) groups is 1. The average Bonchev–Trinajstić information content (AvgIpc) is 2.72. The highest BCUT2D eigenvalue weighted by molar-refractivity contribution is 14.0. The molecule has 29 heavy (non-hydrogen) atoms. The second kappa shape index (κ2) is 14.5. The Balaban J connectivity index is 0.00000420. The minimum atomic E-state index is 0. The summed E-state index contributed by atoms with van der Waals surface area (Å²) in [4.78, 5) is 6.87. The van der Waals surface area contributed by atoms with Gasteiger partial charge in [-0.3, -0.25) is 9.89 Å². The highest BCUT2D eigenvalue weighted by Crippen LogP contribution is 2.13. The van der Waals surface area contributed by atoms with Gasteiger partial charge in [-0.25, -0.2) is 0 Å². The molecule has 0 radical (unpaired) electrons. The van der Waals surface area contributed by atoms with Crippen molar-refractivity contribution in [1.29, 1.82) is 0 Å². The van der Waals surface area contributed by atoms with Gasteiger partial charge in [0.2, 0.25) is 0 Å². The molecule has 1 aromatic rings. The smallest absolute Gasteiger partial charge is 0.191 e. The Morgan fingerprint density at radius 3 is 2.52 bits per heavy atom. The van der Waals surface area contributed by atoms with Crippen molar-refractivity contribution >= 4 is 29.9 Å². The second-order valence-electron chi connectivity index (χ2n) is 7.23. The molecule has 1 heterocycles. The van der Waals surface area contributed by atoms with Crippen molar-refractivity contribution in [2.45, 2.75) is 26.3 Å². The highest BCUT2D eigenvalue weighted by atomic mass is 127. The first-order chi connectivity index (χ1) is 13.6. The van der Waals surface area contributed by atoms with Crippen molar-refractivity contribution in [2.24, 2.45) is 10.9 Å². The van der Waals surface area contributed by atoms with E-state index in [0.717, 1.165) is 57.5 Å². The summed E-state index contributed by atoms with van der Waals surface area (Å²) in [6.07, 6.45) is 6.12. The number of ether oxygens (including phenoxy) is 2. The molecular weight excluding hydrogens is 479 g/mol. The third-order valence-electron chi connectivity index (χ3n) is 4.94. The van der Waals surface area contributed by atoms with Crippen molar-refractivity contribution < 1.29 is 9.47 Å². The Bertz CT molecular complexity index is 637. The van der Waals surface area contributed by atoms with Gasteiger partial charge in [-0.15, -0.1) is 30.4 Å². The van der Waals surface area contributed by atoms with Crippen LogP contribution in [0.1, 0.15) is 19.4 Å². The molecule has 2 N–H and O–H groups in total. The number of halogens is 1. The Morgan fingerprint density at radius 1 is 1.24 bits per heavy atom. The number of nitrogens with zero attached hydrogens (tertiary/aromatic N) is 2. The largest absolute Gasteiger partial charge is 0.481 e. The quantitative estimate of drug-likeness (QED) is 0.230. The fourth-order valence-electron chi connectivity index (χ4n) is 3.32. The monoisotopic (exact) mass is 514 g/mol. The fraction of sp³-hybridized carbons (Fsp3) is 0.591. The number of rotatable bonds is 9. The van der Waals surface area contributed by atoms with Gasteiger partial charge in [0.15, 0.2) is 5.96 Å². The van der Waals surface area contributed by atoms with Gasteiger partial charge in [0.25, 0.3) is 0 Å². The third kappa shape index (κ3) is 9.24. The molecule has 1 aliphatic rings. The maximum Gasteiger partial charge on any atom is 0.191 e. The Kier molecular flexibility index (Phi) is 12.7. The van der Waals surface area contributed by atoms with Crippen LogP contribution in [0.3, 0.4) is 0 Å². The van der Waals surface area contributed by atoms with Gasteiger partial charge in [0.05, 0.1) is 13.2 Å². The van der Waals surface area contributed by atoms with Crippen LogP contribution < -0.4 is 15.4 Å². The van der Waals surface area contributed by atoms with Crippen LogP contribution in [0.15, 0.2) is 29.3 Å². The minimum absolute atomic E-state index is 0. The number of nitrogens with one attached hydrogen (secondary N) is 2. The van der Waals surface area contributed by atoms with Gasteiger partial charge in [0.1, 0.15) is 12.4 Å². The summed E-state index contributed by atoms with van der Waals surface area (Å²) >= 11 is 0. The van der Waals surface area contributed by atoms with Crippen molar-refractivity contribution in [3.63, 3.8) is 0 Å². The Hall–Kier alpha value is -1.50. The summed E-state index contributed by atoms with van der Waals surface area (Å²) in [7, 11) is 1.81. The van der Waals surface area contributed by atoms with Crippen LogP contribution in [-0.2, 0) is 11.2 Å². The van der Waals surface area contributed by atoms with E-state index in [1.54, 1.807) is 0 Å². The Morgan fingerprint density at radius 2 is 1.93 bits per heavy atom. The molecule has 0 spiro atoms. The van der Waals surface area contributed by atoms with Gasteiger partial charge >= 0.3 is 0 Å². The number of hydrogen-bond acceptors (Lipinski definition) is 4. The van der Waals surface area contributed by atoms with Gasteiger partial charge in [0, 0.05) is 39.3 Å². The zero-order valence-electron chi connectivity index (χ0n) is 17.8. The lowest BCUT2D eigenvalue weighted by Crippen LogP contribution is -2.52. The first kappa shape index (κ1) is 25.5. The average molecular weight is 514 g/mol. The molecule has 1 atom stereocenters. The third-order valence-corrected chi connectivity index (χ3v) is 4.94. The fourth-order valence-corrected chi connectivity index (χ4v) is 3.32. The lowest BCUT2D eigenvalue weighted by atomic mass is 10.0. The maximum atomic E-state index is 5.48. The number of terminal acetylenes is 1. The molecule has 0 saturated carbocycles. The van der Waals surface area contributed by atoms with E-state index in [1.165, 1.54) is 5.56 Å². The molecule has 7 heteroatoms. The lowest BCUT2D eigenvalue weighted by molar-refractivity contribution is 0.00752. The first-order valence-corrected chi connectivity index (χ1v) is 10.1. The van der Waals surface area contributed by atoms with E-state index >= 15 is 0 Å². The number of guanidine groups is 1. The van der Waals surface area contributed by atoms with E-state index in [0.29, 0.717) is 18.6 Å². The number of morpholine rings is 1. The molecule has 1 fully saturated rings. The normalized spacial score (nSPS) is 15.9. The summed E-state index contributed by atoms with van der Waals surface area (Å²) in [6.45, 7) is 10.2. The van der Waals surface area contributed by atoms with Crippen molar-refractivity contribution in [2.75, 3.05) is 53.0 Å². The summed E-state index contributed by atoms with van der Waals surface area (Å²) in [5, 5.41) is 6.89. The van der Waals surface area contributed by atoms with E-state index in [1.807, 2.05) is 19.2 Å². The topological polar surface area (TPSA) is 58.1 Å². The summed E-state index contributed by atoms with van der Waals surface area (Å²) in [5.74, 6) is 4.68. The molecule has 1 aliphatic heterocycles. The maximum absolute atomic E-state index is 5.48. The van der Waals surface area contributed by atoms with E-state index < -0.39 is 0 Å². The number of hydrogen-bond donors (Lipinski definition) is 2. The molecule has 0 amide bonds. The van der Waals surface area contributed by atoms with Crippen LogP contribution in [0.5, 0.6) is 5.75 Å². The van der Waals surface area contributed by atoms with Crippen molar-refractivity contribution in [3.05, 3.63) is 29.8 Å². The lowest BCUT2D eigenvalue weighted by Gasteiger charge is -2.37. The van der Waals surface area contributed by atoms with Gasteiger partial charge in [-0.05, 0) is 30.0 Å². The summed E-state index contributed by atoms with van der Waals surface area (Å²) < 4.78 is 10.9. The molecule has 1 aromatic carbocycles. The van der Waals surface area contributed by atoms with Crippen LogP contribution in [0, 0.1) is 18.3 Å². The van der Waals surface area contributed by atoms with Crippen molar-refractivity contribution in [3.8, 4) is 18.1 Å². The van der Waals surface area contributed by atoms with Crippen LogP contribution in [-0.4, -0.2) is 69.9 Å². The van der Waals surface area contributed by atoms with E-state index in [-0.39, 0.29) is 24.0 Å². The standard InChI is InChI=1S/C22H34N4O2.HI/c1-5-14-28-20-8-6-19(7-9-20)10-11-24-22(23-4)25-17-21(18(2)3)26-12-15-27-16-13-26;/h1,6-9,18,21H,10-17H2,2-4H3,(H2,23,24,25);1H. The SMILES string of the molecule is C#CCOc1ccc(CCNC(=NC)NCC(C(C)C)N2CCOCC2)cc1.I. The van der Waals surface area contributed by atoms with Crippen LogP contribution in [0.25, 0.3) is 0 Å². The van der Waals surface area contributed by atoms with Gasteiger partial charge in [-0.2, -0.15) is 0 Å². The zero-order valence-corrected chi connectivity index (χ0v) is 20.1. The van der Waals surface area contributed by atoms with E-state index in [9.17, 15) is 0 Å². The van der Waals surface area contributed by atoms with Gasteiger partial charge < -0.3 is 20.1 Å². The summed E-state index contributed by atoms with van der Waals surface area (Å²) in [5.41, 5.74) is 1.24. The second-order valence-corrected chi connectivity index (χ2v) is 7.23. The summed E-state index contributed by atoms with van der Waals surface area (Å²) in [6, 6.07) is 8.51. The molecule has 2 rings (SSSR count). The molecule has 1 saturated heterocycles. The van der Waals surface area contributed by atoms with E-state index in [2.05, 4.69) is 52.4 Å². The van der Waals surface area contributed by atoms with Crippen molar-refractivity contribution in [1.82, 2.24) is 15.5 Å². The molecule has 0 bridgehead atoms. The predicted octanol–water partition coefficient (Wildman–Crippen LogP) is 2.38. The van der Waals surface area contributed by atoms with Crippen LogP contribution in [0.2, 0.25) is 0 Å². The highest BCUT2D eigenvalue weighted by Gasteiger charge is 2.23. The Labute approximate surface area is 192 Å². The number of benzene rings is 1. The molecule has 0 aliphatic carbocycles. The first-order valence-electron chi connectivity index (χ1n) is 10.1. The van der Waals surface area contributed by atoms with Gasteiger partial charge in [-0.1, -0.05) is 31.9 Å². The van der Waals surface area contributed by atoms with E-state index in [4.69, 9.17) is 15.9 Å². The zero-order chi connectivity index (χ0) is 20.2. The molecule has 162 valence electrons. The molecule has 6 nitrogen and oxygen atoms in total. The predicted molar refractivity (Wildman–Crippen MR) is 130 cm³/mol. The molecule has 1 unspecified atom stereocenters. The molecule has 0 aromatic heterocycles. The van der Waals surface area contributed by atoms with Crippen LogP contribution >= 0.6 is 24.0 Å².